The van der Waals surface area contributed by atoms with Gasteiger partial charge in [0.2, 0.25) is 27.7 Å². The Kier molecular flexibility index (Phi) is 11.1. The normalized spacial score (nSPS) is 30.6. The molecular weight excluding hydrogens is 767 g/mol. The topological polar surface area (TPSA) is 192 Å². The standard InChI is InChI=1S/C42H53N5O10S/c1-4-27-22-42(27,40(50)46-58(52,53)29-16-17-29)45-38(48)32-19-28-23-47(32)39(49)37(25-10-6-7-11-25)44-41(51)57-33-15-9-13-24(33)12-8-14-26-18-30-31(20-34(26)54-3)43-36(55-5-2)21-35(30)56-28/h4,8,14,18,20-21,24-25,27-29,32-33,37H,1,5-7,9-13,15-17,19,22-23H2,2-3H3,(H,44,51)(H,45,48)(H,46,50)/b14-8+/t24-,27?,28-,32+,33-,37+,42-/m1/s1. The van der Waals surface area contributed by atoms with Gasteiger partial charge < -0.3 is 34.5 Å². The third-order valence-corrected chi connectivity index (χ3v) is 14.6. The van der Waals surface area contributed by atoms with Gasteiger partial charge in [-0.25, -0.2) is 18.2 Å². The molecule has 58 heavy (non-hydrogen) atoms. The molecule has 4 bridgehead atoms. The van der Waals surface area contributed by atoms with Crippen LogP contribution in [0.2, 0.25) is 0 Å². The van der Waals surface area contributed by atoms with E-state index in [1.807, 2.05) is 25.1 Å². The highest BCUT2D eigenvalue weighted by Gasteiger charge is 2.62. The lowest BCUT2D eigenvalue weighted by molar-refractivity contribution is -0.142. The number of hydrogen-bond donors (Lipinski definition) is 3. The Morgan fingerprint density at radius 1 is 1.07 bits per heavy atom. The van der Waals surface area contributed by atoms with Crippen molar-refractivity contribution in [3.05, 3.63) is 42.5 Å². The summed E-state index contributed by atoms with van der Waals surface area (Å²) in [7, 11) is -2.32. The van der Waals surface area contributed by atoms with E-state index in [0.29, 0.717) is 73.4 Å². The molecule has 1 unspecified atom stereocenters. The molecule has 3 N–H and O–H groups in total. The van der Waals surface area contributed by atoms with Gasteiger partial charge in [-0.15, -0.1) is 6.58 Å². The number of benzene rings is 1. The second kappa shape index (κ2) is 16.1. The van der Waals surface area contributed by atoms with Crippen molar-refractivity contribution in [1.82, 2.24) is 25.2 Å². The molecule has 0 spiro atoms. The van der Waals surface area contributed by atoms with E-state index in [4.69, 9.17) is 23.9 Å². The summed E-state index contributed by atoms with van der Waals surface area (Å²) in [6, 6.07) is 3.35. The Labute approximate surface area is 338 Å². The predicted molar refractivity (Wildman–Crippen MR) is 213 cm³/mol. The number of sulfonamides is 1. The third kappa shape index (κ3) is 7.95. The molecule has 1 aromatic carbocycles. The molecule has 312 valence electrons. The molecule has 0 radical (unpaired) electrons. The van der Waals surface area contributed by atoms with E-state index < -0.39 is 68.7 Å². The molecule has 1 aromatic heterocycles. The average molecular weight is 820 g/mol. The molecular formula is C42H53N5O10S. The summed E-state index contributed by atoms with van der Waals surface area (Å²) in [4.78, 5) is 63.0. The summed E-state index contributed by atoms with van der Waals surface area (Å²) in [6.45, 7) is 6.00. The van der Waals surface area contributed by atoms with E-state index in [-0.39, 0.29) is 37.3 Å². The van der Waals surface area contributed by atoms with Crippen LogP contribution in [-0.4, -0.2) is 97.5 Å². The summed E-state index contributed by atoms with van der Waals surface area (Å²) in [6.07, 6.45) is 11.3. The number of ether oxygens (including phenoxy) is 4. The summed E-state index contributed by atoms with van der Waals surface area (Å²) in [5.41, 5.74) is -0.202. The monoisotopic (exact) mass is 819 g/mol. The number of rotatable bonds is 10. The maximum Gasteiger partial charge on any atom is 0.408 e. The fourth-order valence-corrected chi connectivity index (χ4v) is 10.7. The Morgan fingerprint density at radius 3 is 2.55 bits per heavy atom. The Balaban J connectivity index is 1.17. The number of carbonyl (C=O) groups excluding carboxylic acids is 4. The zero-order valence-corrected chi connectivity index (χ0v) is 33.9. The minimum Gasteiger partial charge on any atom is -0.496 e. The number of carbonyl (C=O) groups is 4. The van der Waals surface area contributed by atoms with Gasteiger partial charge >= 0.3 is 6.09 Å². The van der Waals surface area contributed by atoms with Crippen LogP contribution in [-0.2, 0) is 29.1 Å². The first kappa shape index (κ1) is 39.9. The average Bonchev–Trinajstić information content (AvgIpc) is 3.99. The van der Waals surface area contributed by atoms with Crippen molar-refractivity contribution in [2.24, 2.45) is 17.8 Å². The second-order valence-corrected chi connectivity index (χ2v) is 18.6. The first-order valence-electron chi connectivity index (χ1n) is 20.7. The molecule has 4 amide bonds. The van der Waals surface area contributed by atoms with E-state index in [1.54, 1.807) is 13.2 Å². The molecule has 8 rings (SSSR count). The van der Waals surface area contributed by atoms with Crippen molar-refractivity contribution >= 4 is 50.8 Å². The van der Waals surface area contributed by atoms with E-state index >= 15 is 0 Å². The maximum atomic E-state index is 14.9. The lowest BCUT2D eigenvalue weighted by atomic mass is 9.96. The highest BCUT2D eigenvalue weighted by Crippen LogP contribution is 2.46. The van der Waals surface area contributed by atoms with Crippen LogP contribution in [0, 0.1) is 17.8 Å². The van der Waals surface area contributed by atoms with Crippen molar-refractivity contribution < 1.29 is 46.5 Å². The first-order valence-corrected chi connectivity index (χ1v) is 22.2. The van der Waals surface area contributed by atoms with E-state index in [0.717, 1.165) is 31.2 Å². The summed E-state index contributed by atoms with van der Waals surface area (Å²) >= 11 is 0. The second-order valence-electron chi connectivity index (χ2n) is 16.6. The van der Waals surface area contributed by atoms with Crippen LogP contribution in [0.3, 0.4) is 0 Å². The molecule has 1 saturated heterocycles. The molecule has 2 aliphatic heterocycles. The van der Waals surface area contributed by atoms with Crippen LogP contribution >= 0.6 is 0 Å². The molecule has 7 atom stereocenters. The van der Waals surface area contributed by atoms with Gasteiger partial charge in [0.25, 0.3) is 5.91 Å². The molecule has 15 nitrogen and oxygen atoms in total. The number of allylic oxidation sites excluding steroid dienone is 1. The van der Waals surface area contributed by atoms with Crippen LogP contribution in [0.4, 0.5) is 4.79 Å². The van der Waals surface area contributed by atoms with Gasteiger partial charge in [0.15, 0.2) is 0 Å². The largest absolute Gasteiger partial charge is 0.496 e. The van der Waals surface area contributed by atoms with Crippen molar-refractivity contribution in [1.29, 1.82) is 0 Å². The van der Waals surface area contributed by atoms with Gasteiger partial charge in [-0.3, -0.25) is 19.1 Å². The van der Waals surface area contributed by atoms with E-state index in [2.05, 4.69) is 28.0 Å². The van der Waals surface area contributed by atoms with Crippen LogP contribution in [0.25, 0.3) is 17.0 Å². The Bertz CT molecular complexity index is 2120. The number of hydrogen-bond acceptors (Lipinski definition) is 11. The van der Waals surface area contributed by atoms with Gasteiger partial charge in [-0.1, -0.05) is 31.1 Å². The molecule has 3 heterocycles. The van der Waals surface area contributed by atoms with Crippen molar-refractivity contribution in [3.63, 3.8) is 0 Å². The minimum absolute atomic E-state index is 0.0155. The maximum absolute atomic E-state index is 14.9. The van der Waals surface area contributed by atoms with Crippen molar-refractivity contribution in [2.45, 2.75) is 119 Å². The van der Waals surface area contributed by atoms with Gasteiger partial charge in [0, 0.05) is 35.4 Å². The number of nitrogens with zero attached hydrogens (tertiary/aromatic N) is 2. The number of alkyl carbamates (subject to hydrolysis) is 1. The van der Waals surface area contributed by atoms with Crippen LogP contribution in [0.15, 0.2) is 36.9 Å². The van der Waals surface area contributed by atoms with Gasteiger partial charge in [0.05, 0.1) is 31.0 Å². The van der Waals surface area contributed by atoms with Crippen LogP contribution in [0.1, 0.15) is 89.5 Å². The van der Waals surface area contributed by atoms with E-state index in [9.17, 15) is 27.6 Å². The Morgan fingerprint density at radius 2 is 1.84 bits per heavy atom. The van der Waals surface area contributed by atoms with Crippen LogP contribution < -0.4 is 29.6 Å². The van der Waals surface area contributed by atoms with Crippen molar-refractivity contribution in [3.8, 4) is 17.4 Å². The fraction of sp³-hybridized carbons (Fsp3) is 0.595. The highest BCUT2D eigenvalue weighted by molar-refractivity contribution is 7.91. The van der Waals surface area contributed by atoms with E-state index in [1.165, 1.54) is 11.0 Å². The lowest BCUT2D eigenvalue weighted by Crippen LogP contribution is -2.59. The van der Waals surface area contributed by atoms with Crippen LogP contribution in [0.5, 0.6) is 17.4 Å². The molecule has 16 heteroatoms. The quantitative estimate of drug-likeness (QED) is 0.286. The number of amides is 4. The smallest absolute Gasteiger partial charge is 0.408 e. The van der Waals surface area contributed by atoms with Gasteiger partial charge in [0.1, 0.15) is 41.3 Å². The van der Waals surface area contributed by atoms with Gasteiger partial charge in [-0.2, -0.15) is 0 Å². The zero-order chi connectivity index (χ0) is 40.8. The SMILES string of the molecule is C=CC1C[C@]1(NC(=O)[C@@H]1C[C@@H]2CN1C(=O)[C@H](C1CCCC1)NC(=O)O[C@@H]1CCC[C@H]1C/C=C/c1cc3c(cc(OCC)nc3cc1OC)O2)C(=O)NS(=O)(=O)C1CC1. The van der Waals surface area contributed by atoms with Gasteiger partial charge in [-0.05, 0) is 82.6 Å². The highest BCUT2D eigenvalue weighted by atomic mass is 32.2. The molecule has 6 aliphatic rings. The molecule has 4 saturated carbocycles. The molecule has 2 aromatic rings. The summed E-state index contributed by atoms with van der Waals surface area (Å²) in [5.74, 6) is -1.18. The van der Waals surface area contributed by atoms with Crippen molar-refractivity contribution in [2.75, 3.05) is 20.3 Å². The number of methoxy groups -OCH3 is 1. The number of fused-ring (bicyclic) bond motifs is 4. The number of nitrogens with one attached hydrogen (secondary N) is 3. The predicted octanol–water partition coefficient (Wildman–Crippen LogP) is 4.53. The first-order chi connectivity index (χ1) is 27.9. The summed E-state index contributed by atoms with van der Waals surface area (Å²) < 4.78 is 52.2. The minimum atomic E-state index is -3.91. The fourth-order valence-electron chi connectivity index (χ4n) is 9.36. The number of pyridine rings is 1. The third-order valence-electron chi connectivity index (χ3n) is 12.8. The zero-order valence-electron chi connectivity index (χ0n) is 33.1. The Hall–Kier alpha value is -4.86. The molecule has 4 aliphatic carbocycles. The molecule has 5 fully saturated rings. The lowest BCUT2D eigenvalue weighted by Gasteiger charge is -2.32. The summed E-state index contributed by atoms with van der Waals surface area (Å²) in [5, 5.41) is 5.82. The number of aromatic nitrogens is 1.